The van der Waals surface area contributed by atoms with E-state index in [0.29, 0.717) is 31.0 Å². The zero-order valence-electron chi connectivity index (χ0n) is 31.3. The Morgan fingerprint density at radius 2 is 1.49 bits per heavy atom. The van der Waals surface area contributed by atoms with Crippen molar-refractivity contribution in [3.8, 4) is 0 Å². The lowest BCUT2D eigenvalue weighted by Gasteiger charge is -2.38. The molecule has 0 amide bonds. The Morgan fingerprint density at radius 1 is 0.868 bits per heavy atom. The first-order valence-corrected chi connectivity index (χ1v) is 18.1. The zero-order valence-corrected chi connectivity index (χ0v) is 32.0. The minimum absolute atomic E-state index is 0.0247. The van der Waals surface area contributed by atoms with Crippen molar-refractivity contribution in [2.24, 2.45) is 11.8 Å². The lowest BCUT2D eigenvalue weighted by molar-refractivity contribution is -0.169. The summed E-state index contributed by atoms with van der Waals surface area (Å²) in [5.41, 5.74) is 2.69. The first-order chi connectivity index (χ1) is 25.2. The summed E-state index contributed by atoms with van der Waals surface area (Å²) in [5.74, 6) is -2.89. The molecule has 1 aliphatic rings. The van der Waals surface area contributed by atoms with Gasteiger partial charge in [0.25, 0.3) is 0 Å². The van der Waals surface area contributed by atoms with E-state index in [4.69, 9.17) is 40.0 Å². The van der Waals surface area contributed by atoms with Crippen LogP contribution in [-0.4, -0.2) is 91.7 Å². The number of anilines is 3. The van der Waals surface area contributed by atoms with E-state index in [1.54, 1.807) is 13.1 Å². The number of halogens is 1. The number of aromatic nitrogens is 2. The number of nitrogens with one attached hydrogen (secondary N) is 1. The Balaban J connectivity index is 1.56. The van der Waals surface area contributed by atoms with Crippen molar-refractivity contribution in [1.82, 2.24) is 9.97 Å². The Morgan fingerprint density at radius 3 is 2.08 bits per heavy atom. The molecule has 0 aliphatic carbocycles. The van der Waals surface area contributed by atoms with Gasteiger partial charge in [0.1, 0.15) is 24.2 Å². The fourth-order valence-electron chi connectivity index (χ4n) is 5.62. The van der Waals surface area contributed by atoms with Crippen molar-refractivity contribution in [2.45, 2.75) is 91.7 Å². The monoisotopic (exact) mass is 762 g/mol. The highest BCUT2D eigenvalue weighted by Crippen LogP contribution is 2.36. The average Bonchev–Trinajstić information content (AvgIpc) is 3.09. The van der Waals surface area contributed by atoms with E-state index >= 15 is 0 Å². The summed E-state index contributed by atoms with van der Waals surface area (Å²) in [6.45, 7) is 11.4. The first kappa shape index (κ1) is 42.9. The molecule has 1 aromatic heterocycles. The van der Waals surface area contributed by atoms with Crippen molar-refractivity contribution >= 4 is 58.6 Å². The van der Waals surface area contributed by atoms with E-state index in [0.717, 1.165) is 36.3 Å². The van der Waals surface area contributed by atoms with Crippen molar-refractivity contribution in [3.05, 3.63) is 41.3 Å². The van der Waals surface area contributed by atoms with Gasteiger partial charge in [-0.25, -0.2) is 9.97 Å². The van der Waals surface area contributed by atoms with E-state index < -0.39 is 48.7 Å². The van der Waals surface area contributed by atoms with Crippen LogP contribution in [0.1, 0.15) is 85.1 Å². The number of ether oxygens (including phenoxy) is 6. The molecular formula is C37H51ClN4O11. The van der Waals surface area contributed by atoms with Crippen LogP contribution in [-0.2, 0) is 52.4 Å². The lowest BCUT2D eigenvalue weighted by atomic mass is 9.95. The SMILES string of the molecule is CC(=O)OCC(COC(C)=O)OC(=O)CC(C)CC(=O)OCOC(=O)C[C@@H](C)c1ccc(N(CC(C)C)C2CCOCC2)c(Nc2cnc(Cl)cn2)c1. The van der Waals surface area contributed by atoms with E-state index in [1.165, 1.54) is 20.0 Å². The molecule has 1 aromatic carbocycles. The maximum Gasteiger partial charge on any atom is 0.309 e. The van der Waals surface area contributed by atoms with Gasteiger partial charge in [-0.1, -0.05) is 45.4 Å². The molecule has 15 nitrogen and oxygen atoms in total. The molecule has 2 atom stereocenters. The standard InChI is InChI=1S/C37H51ClN4O11/c1-23(2)19-42(29-9-11-48-12-10-29)32-8-7-28(16-31(32)41-34-18-39-33(38)17-40-34)25(4)15-36(46)52-22-51-35(45)13-24(3)14-37(47)53-30(20-49-26(5)43)21-50-27(6)44/h7-8,16-18,23-25,29-30H,9-15,19-22H2,1-6H3,(H,40,41)/t24?,25-/m1/s1. The van der Waals surface area contributed by atoms with Crippen LogP contribution in [0, 0.1) is 11.8 Å². The third-order valence-electron chi connectivity index (χ3n) is 8.16. The van der Waals surface area contributed by atoms with Crippen LogP contribution in [0.2, 0.25) is 5.15 Å². The number of nitrogens with zero attached hydrogens (tertiary/aromatic N) is 3. The molecule has 1 fully saturated rings. The van der Waals surface area contributed by atoms with Gasteiger partial charge in [0.05, 0.1) is 30.2 Å². The van der Waals surface area contributed by atoms with Gasteiger partial charge in [-0.05, 0) is 48.3 Å². The zero-order chi connectivity index (χ0) is 38.9. The summed E-state index contributed by atoms with van der Waals surface area (Å²) < 4.78 is 30.9. The predicted octanol–water partition coefficient (Wildman–Crippen LogP) is 5.51. The molecule has 2 heterocycles. The van der Waals surface area contributed by atoms with Gasteiger partial charge in [-0.2, -0.15) is 0 Å². The second-order valence-corrected chi connectivity index (χ2v) is 13.9. The summed E-state index contributed by atoms with van der Waals surface area (Å²) in [5, 5.41) is 3.68. The van der Waals surface area contributed by atoms with Gasteiger partial charge in [0.2, 0.25) is 6.79 Å². The third-order valence-corrected chi connectivity index (χ3v) is 8.36. The molecule has 3 rings (SSSR count). The Hall–Kier alpha value is -4.50. The van der Waals surface area contributed by atoms with E-state index in [9.17, 15) is 24.0 Å². The topological polar surface area (TPSA) is 182 Å². The summed E-state index contributed by atoms with van der Waals surface area (Å²) in [7, 11) is 0. The summed E-state index contributed by atoms with van der Waals surface area (Å²) in [4.78, 5) is 70.8. The molecule has 1 saturated heterocycles. The van der Waals surface area contributed by atoms with Crippen LogP contribution >= 0.6 is 11.6 Å². The number of esters is 5. The van der Waals surface area contributed by atoms with Gasteiger partial charge in [0.15, 0.2) is 6.10 Å². The van der Waals surface area contributed by atoms with E-state index in [1.807, 2.05) is 19.1 Å². The van der Waals surface area contributed by atoms with Crippen molar-refractivity contribution in [3.63, 3.8) is 0 Å². The molecule has 0 bridgehead atoms. The van der Waals surface area contributed by atoms with E-state index in [2.05, 4.69) is 40.1 Å². The number of hydrogen-bond acceptors (Lipinski definition) is 15. The van der Waals surface area contributed by atoms with Crippen LogP contribution in [0.5, 0.6) is 0 Å². The molecular weight excluding hydrogens is 712 g/mol. The molecule has 1 unspecified atom stereocenters. The van der Waals surface area contributed by atoms with Gasteiger partial charge in [-0.15, -0.1) is 0 Å². The maximum atomic E-state index is 12.8. The summed E-state index contributed by atoms with van der Waals surface area (Å²) >= 11 is 5.98. The molecule has 292 valence electrons. The third kappa shape index (κ3) is 16.0. The second-order valence-electron chi connectivity index (χ2n) is 13.5. The molecule has 1 aliphatic heterocycles. The molecule has 2 aromatic rings. The number of benzene rings is 1. The highest BCUT2D eigenvalue weighted by molar-refractivity contribution is 6.29. The van der Waals surface area contributed by atoms with Gasteiger partial charge < -0.3 is 38.6 Å². The van der Waals surface area contributed by atoms with Crippen LogP contribution in [0.4, 0.5) is 17.2 Å². The lowest BCUT2D eigenvalue weighted by Crippen LogP contribution is -2.42. The summed E-state index contributed by atoms with van der Waals surface area (Å²) in [6, 6.07) is 6.35. The maximum absolute atomic E-state index is 12.8. The van der Waals surface area contributed by atoms with Crippen molar-refractivity contribution < 1.29 is 52.4 Å². The molecule has 1 N–H and O–H groups in total. The summed E-state index contributed by atoms with van der Waals surface area (Å²) in [6.07, 6.45) is 3.57. The van der Waals surface area contributed by atoms with Gasteiger partial charge in [0, 0.05) is 52.5 Å². The Kier molecular flexibility index (Phi) is 17.7. The van der Waals surface area contributed by atoms with Crippen molar-refractivity contribution in [1.29, 1.82) is 0 Å². The minimum atomic E-state index is -0.994. The molecule has 0 radical (unpaired) electrons. The number of carbonyl (C=O) groups excluding carboxylic acids is 5. The Labute approximate surface area is 315 Å². The number of carbonyl (C=O) groups is 5. The van der Waals surface area contributed by atoms with Gasteiger partial charge >= 0.3 is 29.8 Å². The van der Waals surface area contributed by atoms with Crippen LogP contribution in [0.3, 0.4) is 0 Å². The molecule has 16 heteroatoms. The molecule has 53 heavy (non-hydrogen) atoms. The van der Waals surface area contributed by atoms with E-state index in [-0.39, 0.29) is 43.5 Å². The highest BCUT2D eigenvalue weighted by Gasteiger charge is 2.26. The minimum Gasteiger partial charge on any atom is -0.462 e. The van der Waals surface area contributed by atoms with Crippen LogP contribution < -0.4 is 10.2 Å². The predicted molar refractivity (Wildman–Crippen MR) is 194 cm³/mol. The highest BCUT2D eigenvalue weighted by atomic mass is 35.5. The molecule has 0 spiro atoms. The quantitative estimate of drug-likeness (QED) is 0.101. The average molecular weight is 763 g/mol. The molecule has 0 saturated carbocycles. The normalized spacial score (nSPS) is 14.2. The number of hydrogen-bond donors (Lipinski definition) is 1. The fourth-order valence-corrected chi connectivity index (χ4v) is 5.72. The largest absolute Gasteiger partial charge is 0.462 e. The number of rotatable bonds is 20. The first-order valence-electron chi connectivity index (χ1n) is 17.7. The second kappa shape index (κ2) is 21.9. The van der Waals surface area contributed by atoms with Crippen molar-refractivity contribution in [2.75, 3.05) is 50.0 Å². The van der Waals surface area contributed by atoms with Gasteiger partial charge in [-0.3, -0.25) is 24.0 Å². The van der Waals surface area contributed by atoms with Crippen LogP contribution in [0.15, 0.2) is 30.6 Å². The smallest absolute Gasteiger partial charge is 0.309 e. The van der Waals surface area contributed by atoms with Crippen LogP contribution in [0.25, 0.3) is 0 Å². The Bertz CT molecular complexity index is 1500. The fraction of sp³-hybridized carbons (Fsp3) is 0.595.